The minimum Gasteiger partial charge on any atom is -0.352 e. The average molecular weight is 290 g/mol. The van der Waals surface area contributed by atoms with Gasteiger partial charge in [0.15, 0.2) is 0 Å². The molecular formula is C14H18N4OS. The second-order valence-corrected chi connectivity index (χ2v) is 6.20. The van der Waals surface area contributed by atoms with Gasteiger partial charge in [-0.2, -0.15) is 0 Å². The Labute approximate surface area is 122 Å². The Morgan fingerprint density at radius 2 is 2.00 bits per heavy atom. The van der Waals surface area contributed by atoms with Gasteiger partial charge >= 0.3 is 0 Å². The standard InChI is InChI=1S/C14H18N4OS/c1-10(2)14(19)18-6-4-17(5-7-18)12-11-3-8-20-13(11)16-9-15-12/h3,8-10H,4-7H2,1-2H3. The number of thiophene rings is 1. The number of anilines is 1. The number of hydrogen-bond donors (Lipinski definition) is 0. The van der Waals surface area contributed by atoms with E-state index in [0.29, 0.717) is 0 Å². The summed E-state index contributed by atoms with van der Waals surface area (Å²) in [6.45, 7) is 7.11. The predicted molar refractivity (Wildman–Crippen MR) is 81.0 cm³/mol. The number of aromatic nitrogens is 2. The first-order chi connectivity index (χ1) is 9.66. The number of piperazine rings is 1. The molecule has 3 rings (SSSR count). The van der Waals surface area contributed by atoms with Gasteiger partial charge in [-0.05, 0) is 11.4 Å². The lowest BCUT2D eigenvalue weighted by molar-refractivity contribution is -0.134. The molecule has 0 unspecified atom stereocenters. The first-order valence-corrected chi connectivity index (χ1v) is 7.76. The summed E-state index contributed by atoms with van der Waals surface area (Å²) >= 11 is 1.63. The zero-order valence-electron chi connectivity index (χ0n) is 11.7. The van der Waals surface area contributed by atoms with E-state index in [2.05, 4.69) is 20.9 Å². The summed E-state index contributed by atoms with van der Waals surface area (Å²) in [6.07, 6.45) is 1.62. The zero-order chi connectivity index (χ0) is 14.1. The molecule has 6 heteroatoms. The molecule has 1 fully saturated rings. The van der Waals surface area contributed by atoms with E-state index >= 15 is 0 Å². The highest BCUT2D eigenvalue weighted by Crippen LogP contribution is 2.27. The van der Waals surface area contributed by atoms with Gasteiger partial charge in [-0.3, -0.25) is 4.79 Å². The average Bonchev–Trinajstić information content (AvgIpc) is 2.95. The molecule has 5 nitrogen and oxygen atoms in total. The lowest BCUT2D eigenvalue weighted by Gasteiger charge is -2.36. The van der Waals surface area contributed by atoms with Crippen LogP contribution in [-0.2, 0) is 4.79 Å². The Morgan fingerprint density at radius 1 is 1.25 bits per heavy atom. The molecule has 0 aliphatic carbocycles. The van der Waals surface area contributed by atoms with Crippen LogP contribution in [-0.4, -0.2) is 47.0 Å². The molecule has 0 spiro atoms. The largest absolute Gasteiger partial charge is 0.352 e. The van der Waals surface area contributed by atoms with Crippen molar-refractivity contribution in [3.8, 4) is 0 Å². The van der Waals surface area contributed by atoms with Gasteiger partial charge < -0.3 is 9.80 Å². The van der Waals surface area contributed by atoms with Crippen LogP contribution in [0.15, 0.2) is 17.8 Å². The topological polar surface area (TPSA) is 49.3 Å². The fourth-order valence-corrected chi connectivity index (χ4v) is 3.26. The summed E-state index contributed by atoms with van der Waals surface area (Å²) in [5.74, 6) is 1.31. The van der Waals surface area contributed by atoms with E-state index in [4.69, 9.17) is 0 Å². The number of nitrogens with zero attached hydrogens (tertiary/aromatic N) is 4. The second kappa shape index (κ2) is 5.36. The van der Waals surface area contributed by atoms with Gasteiger partial charge in [0, 0.05) is 32.1 Å². The molecule has 1 aliphatic rings. The quantitative estimate of drug-likeness (QED) is 0.849. The molecule has 0 atom stereocenters. The number of hydrogen-bond acceptors (Lipinski definition) is 5. The van der Waals surface area contributed by atoms with Crippen molar-refractivity contribution in [2.45, 2.75) is 13.8 Å². The van der Waals surface area contributed by atoms with Crippen LogP contribution in [0.1, 0.15) is 13.8 Å². The fourth-order valence-electron chi connectivity index (χ4n) is 2.53. The van der Waals surface area contributed by atoms with E-state index in [1.165, 1.54) is 0 Å². The van der Waals surface area contributed by atoms with Crippen molar-refractivity contribution in [2.75, 3.05) is 31.1 Å². The van der Waals surface area contributed by atoms with Crippen molar-refractivity contribution >= 4 is 33.3 Å². The van der Waals surface area contributed by atoms with Crippen LogP contribution < -0.4 is 4.90 Å². The molecule has 1 aliphatic heterocycles. The summed E-state index contributed by atoms with van der Waals surface area (Å²) < 4.78 is 0. The SMILES string of the molecule is CC(C)C(=O)N1CCN(c2ncnc3sccc23)CC1. The lowest BCUT2D eigenvalue weighted by Crippen LogP contribution is -2.50. The van der Waals surface area contributed by atoms with Crippen LogP contribution in [0, 0.1) is 5.92 Å². The normalized spacial score (nSPS) is 16.1. The van der Waals surface area contributed by atoms with Gasteiger partial charge in [0.05, 0.1) is 5.39 Å². The highest BCUT2D eigenvalue weighted by Gasteiger charge is 2.24. The summed E-state index contributed by atoms with van der Waals surface area (Å²) in [7, 11) is 0. The zero-order valence-corrected chi connectivity index (χ0v) is 12.6. The molecule has 0 bridgehead atoms. The summed E-state index contributed by atoms with van der Waals surface area (Å²) in [5.41, 5.74) is 0. The van der Waals surface area contributed by atoms with Gasteiger partial charge in [-0.15, -0.1) is 11.3 Å². The third-order valence-electron chi connectivity index (χ3n) is 3.63. The highest BCUT2D eigenvalue weighted by atomic mass is 32.1. The molecule has 3 heterocycles. The van der Waals surface area contributed by atoms with Crippen LogP contribution in [0.3, 0.4) is 0 Å². The Kier molecular flexibility index (Phi) is 3.56. The molecular weight excluding hydrogens is 272 g/mol. The Hall–Kier alpha value is -1.69. The molecule has 2 aromatic rings. The van der Waals surface area contributed by atoms with E-state index in [0.717, 1.165) is 42.2 Å². The van der Waals surface area contributed by atoms with Crippen LogP contribution in [0.2, 0.25) is 0 Å². The van der Waals surface area contributed by atoms with Crippen molar-refractivity contribution < 1.29 is 4.79 Å². The number of carbonyl (C=O) groups excluding carboxylic acids is 1. The number of rotatable bonds is 2. The summed E-state index contributed by atoms with van der Waals surface area (Å²) in [4.78, 5) is 25.9. The third-order valence-corrected chi connectivity index (χ3v) is 4.45. The van der Waals surface area contributed by atoms with E-state index in [9.17, 15) is 4.79 Å². The first kappa shape index (κ1) is 13.3. The lowest BCUT2D eigenvalue weighted by atomic mass is 10.1. The van der Waals surface area contributed by atoms with E-state index in [1.807, 2.05) is 24.1 Å². The molecule has 106 valence electrons. The molecule has 0 saturated carbocycles. The van der Waals surface area contributed by atoms with Gasteiger partial charge in [0.25, 0.3) is 0 Å². The summed E-state index contributed by atoms with van der Waals surface area (Å²) in [5, 5.41) is 3.16. The van der Waals surface area contributed by atoms with Crippen LogP contribution in [0.4, 0.5) is 5.82 Å². The number of amides is 1. The van der Waals surface area contributed by atoms with Gasteiger partial charge in [-0.25, -0.2) is 9.97 Å². The Morgan fingerprint density at radius 3 is 2.70 bits per heavy atom. The maximum Gasteiger partial charge on any atom is 0.225 e. The molecule has 1 saturated heterocycles. The fraction of sp³-hybridized carbons (Fsp3) is 0.500. The molecule has 0 radical (unpaired) electrons. The van der Waals surface area contributed by atoms with Crippen LogP contribution in [0.5, 0.6) is 0 Å². The second-order valence-electron chi connectivity index (χ2n) is 5.30. The monoisotopic (exact) mass is 290 g/mol. The molecule has 0 N–H and O–H groups in total. The van der Waals surface area contributed by atoms with Crippen molar-refractivity contribution in [1.29, 1.82) is 0 Å². The van der Waals surface area contributed by atoms with Crippen molar-refractivity contribution in [1.82, 2.24) is 14.9 Å². The third kappa shape index (κ3) is 2.35. The molecule has 1 amide bonds. The van der Waals surface area contributed by atoms with E-state index in [1.54, 1.807) is 17.7 Å². The van der Waals surface area contributed by atoms with E-state index in [-0.39, 0.29) is 11.8 Å². The number of carbonyl (C=O) groups is 1. The number of fused-ring (bicyclic) bond motifs is 1. The predicted octanol–water partition coefficient (Wildman–Crippen LogP) is 2.00. The Bertz CT molecular complexity index is 616. The maximum absolute atomic E-state index is 12.0. The highest BCUT2D eigenvalue weighted by molar-refractivity contribution is 7.16. The van der Waals surface area contributed by atoms with Crippen LogP contribution >= 0.6 is 11.3 Å². The molecule has 20 heavy (non-hydrogen) atoms. The van der Waals surface area contributed by atoms with Gasteiger partial charge in [0.1, 0.15) is 17.0 Å². The smallest absolute Gasteiger partial charge is 0.225 e. The minimum absolute atomic E-state index is 0.0733. The first-order valence-electron chi connectivity index (χ1n) is 6.89. The Balaban J connectivity index is 1.75. The minimum atomic E-state index is 0.0733. The van der Waals surface area contributed by atoms with Crippen molar-refractivity contribution in [2.24, 2.45) is 5.92 Å². The maximum atomic E-state index is 12.0. The van der Waals surface area contributed by atoms with E-state index < -0.39 is 0 Å². The van der Waals surface area contributed by atoms with Crippen molar-refractivity contribution in [3.63, 3.8) is 0 Å². The van der Waals surface area contributed by atoms with Crippen molar-refractivity contribution in [3.05, 3.63) is 17.8 Å². The molecule has 2 aromatic heterocycles. The van der Waals surface area contributed by atoms with Gasteiger partial charge in [0.2, 0.25) is 5.91 Å². The van der Waals surface area contributed by atoms with Crippen LogP contribution in [0.25, 0.3) is 10.2 Å². The summed E-state index contributed by atoms with van der Waals surface area (Å²) in [6, 6.07) is 2.07. The molecule has 0 aromatic carbocycles. The van der Waals surface area contributed by atoms with Gasteiger partial charge in [-0.1, -0.05) is 13.8 Å².